The van der Waals surface area contributed by atoms with Gasteiger partial charge in [0.2, 0.25) is 5.89 Å². The van der Waals surface area contributed by atoms with E-state index in [0.717, 1.165) is 20.9 Å². The minimum absolute atomic E-state index is 0.341. The Labute approximate surface area is 140 Å². The van der Waals surface area contributed by atoms with Crippen LogP contribution in [0, 0.1) is 0 Å². The molecular weight excluding hydrogens is 328 g/mol. The molecule has 0 aliphatic carbocycles. The van der Waals surface area contributed by atoms with Crippen LogP contribution in [0.2, 0.25) is 0 Å². The number of nitrogens with one attached hydrogen (secondary N) is 1. The van der Waals surface area contributed by atoms with Crippen molar-refractivity contribution in [2.24, 2.45) is 0 Å². The average Bonchev–Trinajstić information content (AvgIpc) is 3.21. The summed E-state index contributed by atoms with van der Waals surface area (Å²) in [5, 5.41) is 11.9. The standard InChI is InChI=1S/C16H12N4OS2/c1-22-11-7-8-12-13(9-11)23-16(17-12)18-15-20-19-14(21-15)10-5-3-2-4-6-10/h2-9H,1H3,(H,17,18,20). The first-order valence-electron chi connectivity index (χ1n) is 6.92. The fourth-order valence-electron chi connectivity index (χ4n) is 2.15. The monoisotopic (exact) mass is 340 g/mol. The Morgan fingerprint density at radius 3 is 2.78 bits per heavy atom. The highest BCUT2D eigenvalue weighted by Crippen LogP contribution is 2.31. The molecule has 0 aliphatic rings. The lowest BCUT2D eigenvalue weighted by Crippen LogP contribution is -1.88. The molecule has 0 radical (unpaired) electrons. The van der Waals surface area contributed by atoms with Gasteiger partial charge in [-0.05, 0) is 36.6 Å². The number of benzene rings is 2. The molecule has 0 amide bonds. The number of hydrogen-bond acceptors (Lipinski definition) is 7. The summed E-state index contributed by atoms with van der Waals surface area (Å²) in [5.74, 6) is 0.485. The van der Waals surface area contributed by atoms with Crippen molar-refractivity contribution in [2.75, 3.05) is 11.6 Å². The second-order valence-corrected chi connectivity index (χ2v) is 6.67. The number of thiazole rings is 1. The first-order valence-corrected chi connectivity index (χ1v) is 8.96. The maximum atomic E-state index is 5.64. The summed E-state index contributed by atoms with van der Waals surface area (Å²) in [6, 6.07) is 16.2. The molecular formula is C16H12N4OS2. The maximum Gasteiger partial charge on any atom is 0.322 e. The predicted molar refractivity (Wildman–Crippen MR) is 94.4 cm³/mol. The highest BCUT2D eigenvalue weighted by molar-refractivity contribution is 7.98. The molecule has 0 bridgehead atoms. The van der Waals surface area contributed by atoms with E-state index in [1.165, 1.54) is 4.90 Å². The van der Waals surface area contributed by atoms with E-state index >= 15 is 0 Å². The third-order valence-electron chi connectivity index (χ3n) is 3.26. The van der Waals surface area contributed by atoms with E-state index in [9.17, 15) is 0 Å². The fraction of sp³-hybridized carbons (Fsp3) is 0.0625. The van der Waals surface area contributed by atoms with Crippen molar-refractivity contribution in [3.8, 4) is 11.5 Å². The van der Waals surface area contributed by atoms with Gasteiger partial charge in [0.15, 0.2) is 5.13 Å². The van der Waals surface area contributed by atoms with Gasteiger partial charge < -0.3 is 4.42 Å². The van der Waals surface area contributed by atoms with Gasteiger partial charge in [-0.15, -0.1) is 16.9 Å². The molecule has 2 aromatic carbocycles. The summed E-state index contributed by atoms with van der Waals surface area (Å²) < 4.78 is 6.77. The zero-order chi connectivity index (χ0) is 15.6. The highest BCUT2D eigenvalue weighted by Gasteiger charge is 2.11. The van der Waals surface area contributed by atoms with Gasteiger partial charge in [-0.25, -0.2) is 4.98 Å². The van der Waals surface area contributed by atoms with Crippen molar-refractivity contribution in [1.29, 1.82) is 0 Å². The van der Waals surface area contributed by atoms with Crippen LogP contribution in [0.3, 0.4) is 0 Å². The number of fused-ring (bicyclic) bond motifs is 1. The van der Waals surface area contributed by atoms with Crippen molar-refractivity contribution in [2.45, 2.75) is 4.90 Å². The van der Waals surface area contributed by atoms with Crippen LogP contribution in [0.5, 0.6) is 0 Å². The lowest BCUT2D eigenvalue weighted by atomic mass is 10.2. The molecule has 2 heterocycles. The normalized spacial score (nSPS) is 11.0. The molecule has 23 heavy (non-hydrogen) atoms. The maximum absolute atomic E-state index is 5.64. The summed E-state index contributed by atoms with van der Waals surface area (Å²) in [5.41, 5.74) is 1.85. The number of thioether (sulfide) groups is 1. The van der Waals surface area contributed by atoms with Crippen LogP contribution < -0.4 is 5.32 Å². The summed E-state index contributed by atoms with van der Waals surface area (Å²) in [4.78, 5) is 5.76. The molecule has 5 nitrogen and oxygen atoms in total. The molecule has 4 rings (SSSR count). The molecule has 0 saturated heterocycles. The van der Waals surface area contributed by atoms with Crippen LogP contribution in [0.1, 0.15) is 0 Å². The smallest absolute Gasteiger partial charge is 0.322 e. The summed E-state index contributed by atoms with van der Waals surface area (Å²) in [7, 11) is 0. The average molecular weight is 340 g/mol. The van der Waals surface area contributed by atoms with Crippen LogP contribution in [0.25, 0.3) is 21.7 Å². The molecule has 0 atom stereocenters. The number of nitrogens with zero attached hydrogens (tertiary/aromatic N) is 3. The molecule has 0 spiro atoms. The largest absolute Gasteiger partial charge is 0.403 e. The first-order chi connectivity index (χ1) is 11.3. The van der Waals surface area contributed by atoms with Gasteiger partial charge in [-0.3, -0.25) is 5.32 Å². The van der Waals surface area contributed by atoms with Crippen molar-refractivity contribution in [3.05, 3.63) is 48.5 Å². The SMILES string of the molecule is CSc1ccc2nc(Nc3nnc(-c4ccccc4)o3)sc2c1. The minimum Gasteiger partial charge on any atom is -0.403 e. The van der Waals surface area contributed by atoms with Gasteiger partial charge in [0.05, 0.1) is 10.2 Å². The number of rotatable bonds is 4. The zero-order valence-electron chi connectivity index (χ0n) is 12.2. The third-order valence-corrected chi connectivity index (χ3v) is 4.91. The third kappa shape index (κ3) is 2.93. The molecule has 4 aromatic rings. The minimum atomic E-state index is 0.341. The van der Waals surface area contributed by atoms with Gasteiger partial charge in [0.1, 0.15) is 0 Å². The Balaban J connectivity index is 1.60. The van der Waals surface area contributed by atoms with E-state index < -0.39 is 0 Å². The molecule has 0 unspecified atom stereocenters. The van der Waals surface area contributed by atoms with E-state index in [-0.39, 0.29) is 0 Å². The van der Waals surface area contributed by atoms with E-state index in [1.54, 1.807) is 23.1 Å². The molecule has 2 aromatic heterocycles. The molecule has 0 aliphatic heterocycles. The van der Waals surface area contributed by atoms with Crippen molar-refractivity contribution in [1.82, 2.24) is 15.2 Å². The Morgan fingerprint density at radius 2 is 1.96 bits per heavy atom. The lowest BCUT2D eigenvalue weighted by Gasteiger charge is -1.94. The van der Waals surface area contributed by atoms with Gasteiger partial charge >= 0.3 is 6.01 Å². The van der Waals surface area contributed by atoms with Crippen LogP contribution in [0.4, 0.5) is 11.1 Å². The molecule has 0 saturated carbocycles. The second-order valence-electron chi connectivity index (χ2n) is 4.76. The quantitative estimate of drug-likeness (QED) is 0.538. The number of hydrogen-bond donors (Lipinski definition) is 1. The molecule has 114 valence electrons. The van der Waals surface area contributed by atoms with Gasteiger partial charge in [0, 0.05) is 10.5 Å². The van der Waals surface area contributed by atoms with Crippen LogP contribution in [-0.4, -0.2) is 21.4 Å². The zero-order valence-corrected chi connectivity index (χ0v) is 13.8. The molecule has 0 fully saturated rings. The second kappa shape index (κ2) is 6.02. The Hall–Kier alpha value is -2.38. The van der Waals surface area contributed by atoms with Crippen molar-refractivity contribution in [3.63, 3.8) is 0 Å². The first kappa shape index (κ1) is 14.2. The van der Waals surface area contributed by atoms with Crippen LogP contribution in [-0.2, 0) is 0 Å². The Morgan fingerprint density at radius 1 is 1.09 bits per heavy atom. The topological polar surface area (TPSA) is 63.8 Å². The van der Waals surface area contributed by atoms with Gasteiger partial charge in [0.25, 0.3) is 0 Å². The van der Waals surface area contributed by atoms with Gasteiger partial charge in [-0.2, -0.15) is 0 Å². The van der Waals surface area contributed by atoms with E-state index in [1.807, 2.05) is 36.4 Å². The number of aromatic nitrogens is 3. The van der Waals surface area contributed by atoms with E-state index in [2.05, 4.69) is 38.9 Å². The Kier molecular flexibility index (Phi) is 3.72. The van der Waals surface area contributed by atoms with Crippen LogP contribution >= 0.6 is 23.1 Å². The van der Waals surface area contributed by atoms with E-state index in [0.29, 0.717) is 11.9 Å². The summed E-state index contributed by atoms with van der Waals surface area (Å²) in [6.07, 6.45) is 2.06. The van der Waals surface area contributed by atoms with Gasteiger partial charge in [-0.1, -0.05) is 34.6 Å². The number of anilines is 2. The lowest BCUT2D eigenvalue weighted by molar-refractivity contribution is 0.587. The van der Waals surface area contributed by atoms with Crippen LogP contribution in [0.15, 0.2) is 57.8 Å². The van der Waals surface area contributed by atoms with Crippen molar-refractivity contribution >= 4 is 44.5 Å². The van der Waals surface area contributed by atoms with Crippen molar-refractivity contribution < 1.29 is 4.42 Å². The summed E-state index contributed by atoms with van der Waals surface area (Å²) >= 11 is 3.28. The highest BCUT2D eigenvalue weighted by atomic mass is 32.2. The Bertz CT molecular complexity index is 949. The summed E-state index contributed by atoms with van der Waals surface area (Å²) in [6.45, 7) is 0. The molecule has 7 heteroatoms. The predicted octanol–water partition coefficient (Wildman–Crippen LogP) is 4.81. The van der Waals surface area contributed by atoms with E-state index in [4.69, 9.17) is 4.42 Å². The molecule has 1 N–H and O–H groups in total. The fourth-order valence-corrected chi connectivity index (χ4v) is 3.56.